The van der Waals surface area contributed by atoms with Gasteiger partial charge in [-0.05, 0) is 36.2 Å². The van der Waals surface area contributed by atoms with Crippen molar-refractivity contribution in [1.29, 1.82) is 0 Å². The van der Waals surface area contributed by atoms with Crippen LogP contribution >= 0.6 is 11.3 Å². The van der Waals surface area contributed by atoms with Crippen LogP contribution in [0.15, 0.2) is 41.8 Å². The lowest BCUT2D eigenvalue weighted by Crippen LogP contribution is -2.18. The van der Waals surface area contributed by atoms with Crippen LogP contribution in [-0.4, -0.2) is 13.7 Å². The van der Waals surface area contributed by atoms with Gasteiger partial charge in [0.15, 0.2) is 0 Å². The molecule has 2 nitrogen and oxygen atoms in total. The lowest BCUT2D eigenvalue weighted by Gasteiger charge is -2.17. The highest BCUT2D eigenvalue weighted by Gasteiger charge is 2.12. The summed E-state index contributed by atoms with van der Waals surface area (Å²) < 4.78 is 28.8. The second kappa shape index (κ2) is 6.63. The Morgan fingerprint density at radius 3 is 2.74 bits per heavy atom. The summed E-state index contributed by atoms with van der Waals surface area (Å²) in [6.45, 7) is -2.79. The first-order chi connectivity index (χ1) is 9.19. The Bertz CT molecular complexity index is 502. The zero-order valence-electron chi connectivity index (χ0n) is 10.5. The van der Waals surface area contributed by atoms with Crippen molar-refractivity contribution < 1.29 is 13.5 Å². The van der Waals surface area contributed by atoms with E-state index in [1.165, 1.54) is 10.9 Å². The van der Waals surface area contributed by atoms with Gasteiger partial charge in [-0.15, -0.1) is 11.3 Å². The highest BCUT2D eigenvalue weighted by Crippen LogP contribution is 2.24. The molecule has 2 aromatic rings. The molecule has 0 bridgehead atoms. The minimum Gasteiger partial charge on any atom is -0.435 e. The van der Waals surface area contributed by atoms with Gasteiger partial charge in [0, 0.05) is 17.3 Å². The number of thiophene rings is 1. The third-order valence-corrected chi connectivity index (χ3v) is 3.72. The van der Waals surface area contributed by atoms with Gasteiger partial charge in [-0.2, -0.15) is 8.78 Å². The van der Waals surface area contributed by atoms with Gasteiger partial charge in [-0.1, -0.05) is 18.2 Å². The van der Waals surface area contributed by atoms with E-state index in [4.69, 9.17) is 0 Å². The summed E-state index contributed by atoms with van der Waals surface area (Å²) in [6.07, 6.45) is 0.826. The fourth-order valence-electron chi connectivity index (χ4n) is 1.92. The topological polar surface area (TPSA) is 21.3 Å². The second-order valence-corrected chi connectivity index (χ2v) is 5.11. The first kappa shape index (κ1) is 14.0. The normalized spacial score (nSPS) is 12.6. The summed E-state index contributed by atoms with van der Waals surface area (Å²) in [5.74, 6) is 0.193. The van der Waals surface area contributed by atoms with Gasteiger partial charge in [-0.25, -0.2) is 0 Å². The number of rotatable bonds is 6. The van der Waals surface area contributed by atoms with Crippen molar-refractivity contribution >= 4 is 11.3 Å². The van der Waals surface area contributed by atoms with Crippen molar-refractivity contribution in [3.8, 4) is 5.75 Å². The van der Waals surface area contributed by atoms with Crippen molar-refractivity contribution in [3.63, 3.8) is 0 Å². The third kappa shape index (κ3) is 4.01. The van der Waals surface area contributed by atoms with Crippen LogP contribution in [0.25, 0.3) is 0 Å². The molecule has 0 saturated carbocycles. The monoisotopic (exact) mass is 283 g/mol. The van der Waals surface area contributed by atoms with E-state index < -0.39 is 6.61 Å². The van der Waals surface area contributed by atoms with E-state index in [-0.39, 0.29) is 11.8 Å². The summed E-state index contributed by atoms with van der Waals surface area (Å²) in [5, 5.41) is 5.23. The number of likely N-dealkylation sites (N-methyl/N-ethyl adjacent to an activating group) is 1. The molecule has 2 rings (SSSR count). The van der Waals surface area contributed by atoms with Crippen LogP contribution in [0, 0.1) is 0 Å². The molecule has 1 unspecified atom stereocenters. The zero-order chi connectivity index (χ0) is 13.7. The quantitative estimate of drug-likeness (QED) is 0.869. The number of nitrogens with one attached hydrogen (secondary N) is 1. The van der Waals surface area contributed by atoms with Crippen LogP contribution < -0.4 is 10.1 Å². The molecule has 5 heteroatoms. The van der Waals surface area contributed by atoms with Gasteiger partial charge in [0.2, 0.25) is 0 Å². The highest BCUT2D eigenvalue weighted by atomic mass is 32.1. The maximum absolute atomic E-state index is 12.2. The molecule has 0 aliphatic carbocycles. The number of ether oxygens (including phenoxy) is 1. The van der Waals surface area contributed by atoms with Crippen LogP contribution in [0.5, 0.6) is 5.75 Å². The molecule has 0 fully saturated rings. The van der Waals surface area contributed by atoms with Crippen molar-refractivity contribution in [3.05, 3.63) is 52.2 Å². The molecular weight excluding hydrogens is 268 g/mol. The number of benzene rings is 1. The van der Waals surface area contributed by atoms with Crippen LogP contribution in [0.3, 0.4) is 0 Å². The minimum atomic E-state index is -2.79. The smallest absolute Gasteiger partial charge is 0.387 e. The van der Waals surface area contributed by atoms with Crippen molar-refractivity contribution in [1.82, 2.24) is 5.32 Å². The van der Waals surface area contributed by atoms with Crippen LogP contribution in [0.1, 0.15) is 16.5 Å². The first-order valence-corrected chi connectivity index (χ1v) is 6.81. The maximum atomic E-state index is 12.2. The zero-order valence-corrected chi connectivity index (χ0v) is 11.3. The van der Waals surface area contributed by atoms with Crippen LogP contribution in [-0.2, 0) is 6.42 Å². The van der Waals surface area contributed by atoms with E-state index in [2.05, 4.69) is 16.1 Å². The van der Waals surface area contributed by atoms with Gasteiger partial charge in [0.1, 0.15) is 5.75 Å². The Balaban J connectivity index is 2.13. The summed E-state index contributed by atoms with van der Waals surface area (Å²) in [6, 6.07) is 11.0. The molecule has 1 heterocycles. The number of hydrogen-bond acceptors (Lipinski definition) is 3. The van der Waals surface area contributed by atoms with Crippen molar-refractivity contribution in [2.45, 2.75) is 19.1 Å². The van der Waals surface area contributed by atoms with E-state index >= 15 is 0 Å². The van der Waals surface area contributed by atoms with Crippen LogP contribution in [0.2, 0.25) is 0 Å². The molecule has 1 N–H and O–H groups in total. The molecule has 0 spiro atoms. The largest absolute Gasteiger partial charge is 0.435 e. The van der Waals surface area contributed by atoms with E-state index in [1.807, 2.05) is 24.6 Å². The Kier molecular flexibility index (Phi) is 4.87. The number of hydrogen-bond donors (Lipinski definition) is 1. The standard InChI is InChI=1S/C14H15F2NOS/c1-17-13(9-12-6-3-7-19-12)10-4-2-5-11(8-10)18-14(15)16/h2-8,13-14,17H,9H2,1H3. The maximum Gasteiger partial charge on any atom is 0.387 e. The second-order valence-electron chi connectivity index (χ2n) is 4.08. The molecule has 102 valence electrons. The lowest BCUT2D eigenvalue weighted by molar-refractivity contribution is -0.0499. The van der Waals surface area contributed by atoms with Crippen molar-refractivity contribution in [2.24, 2.45) is 0 Å². The Hall–Kier alpha value is -1.46. The molecule has 0 aliphatic rings. The molecule has 0 aliphatic heterocycles. The predicted octanol–water partition coefficient (Wildman–Crippen LogP) is 3.85. The molecular formula is C14H15F2NOS. The number of alkyl halides is 2. The summed E-state index contributed by atoms with van der Waals surface area (Å²) in [5.41, 5.74) is 0.939. The SMILES string of the molecule is CNC(Cc1cccs1)c1cccc(OC(F)F)c1. The van der Waals surface area contributed by atoms with E-state index in [0.717, 1.165) is 12.0 Å². The van der Waals surface area contributed by atoms with Crippen LogP contribution in [0.4, 0.5) is 8.78 Å². The molecule has 0 amide bonds. The molecule has 1 aromatic carbocycles. The molecule has 1 aromatic heterocycles. The Morgan fingerprint density at radius 2 is 2.11 bits per heavy atom. The van der Waals surface area contributed by atoms with E-state index in [0.29, 0.717) is 0 Å². The molecule has 0 saturated heterocycles. The third-order valence-electron chi connectivity index (χ3n) is 2.82. The van der Waals surface area contributed by atoms with Crippen molar-refractivity contribution in [2.75, 3.05) is 7.05 Å². The minimum absolute atomic E-state index is 0.0832. The average Bonchev–Trinajstić information content (AvgIpc) is 2.88. The van der Waals surface area contributed by atoms with Gasteiger partial charge in [-0.3, -0.25) is 0 Å². The Morgan fingerprint density at radius 1 is 1.26 bits per heavy atom. The summed E-state index contributed by atoms with van der Waals surface area (Å²) >= 11 is 1.68. The van der Waals surface area contributed by atoms with Gasteiger partial charge >= 0.3 is 6.61 Å². The van der Waals surface area contributed by atoms with E-state index in [9.17, 15) is 8.78 Å². The van der Waals surface area contributed by atoms with Gasteiger partial charge in [0.05, 0.1) is 0 Å². The first-order valence-electron chi connectivity index (χ1n) is 5.93. The Labute approximate surface area is 115 Å². The predicted molar refractivity (Wildman–Crippen MR) is 72.9 cm³/mol. The summed E-state index contributed by atoms with van der Waals surface area (Å²) in [7, 11) is 1.86. The molecule has 0 radical (unpaired) electrons. The van der Waals surface area contributed by atoms with Gasteiger partial charge in [0.25, 0.3) is 0 Å². The average molecular weight is 283 g/mol. The molecule has 1 atom stereocenters. The lowest BCUT2D eigenvalue weighted by atomic mass is 10.0. The highest BCUT2D eigenvalue weighted by molar-refractivity contribution is 7.09. The van der Waals surface area contributed by atoms with E-state index in [1.54, 1.807) is 23.5 Å². The van der Waals surface area contributed by atoms with Gasteiger partial charge < -0.3 is 10.1 Å². The number of halogens is 2. The fraction of sp³-hybridized carbons (Fsp3) is 0.286. The fourth-order valence-corrected chi connectivity index (χ4v) is 2.68. The molecule has 19 heavy (non-hydrogen) atoms. The summed E-state index contributed by atoms with van der Waals surface area (Å²) in [4.78, 5) is 1.25.